The van der Waals surface area contributed by atoms with Crippen LogP contribution in [0.5, 0.6) is 0 Å². The molecule has 0 fully saturated rings. The molecule has 0 bridgehead atoms. The van der Waals surface area contributed by atoms with E-state index in [4.69, 9.17) is 4.34 Å². The molecular weight excluding hydrogens is 259 g/mol. The number of hydrogen-bond acceptors (Lipinski definition) is 1. The van der Waals surface area contributed by atoms with Gasteiger partial charge in [0.15, 0.2) is 0 Å². The Morgan fingerprint density at radius 1 is 0.950 bits per heavy atom. The molecule has 0 radical (unpaired) electrons. The Kier molecular flexibility index (Phi) is 3.15. The second-order valence-corrected chi connectivity index (χ2v) is 10.2. The summed E-state index contributed by atoms with van der Waals surface area (Å²) >= 11 is 0. The summed E-state index contributed by atoms with van der Waals surface area (Å²) in [6.45, 7) is 11.3. The predicted octanol–water partition coefficient (Wildman–Crippen LogP) is 2.16. The zero-order chi connectivity index (χ0) is 14.5. The number of hydrogen-bond donors (Lipinski definition) is 0. The highest BCUT2D eigenvalue weighted by molar-refractivity contribution is 7.03. The first-order valence-corrected chi connectivity index (χ1v) is 10.2. The van der Waals surface area contributed by atoms with E-state index in [9.17, 15) is 0 Å². The van der Waals surface area contributed by atoms with Crippen molar-refractivity contribution < 1.29 is 4.34 Å². The third-order valence-electron chi connectivity index (χ3n) is 4.30. The molecule has 1 aliphatic heterocycles. The first-order chi connectivity index (χ1) is 9.40. The van der Waals surface area contributed by atoms with E-state index in [1.165, 1.54) is 32.8 Å². The second kappa shape index (κ2) is 4.61. The van der Waals surface area contributed by atoms with Crippen LogP contribution in [0.1, 0.15) is 16.7 Å². The molecule has 2 aromatic carbocycles. The largest absolute Gasteiger partial charge is 0.466 e. The molecule has 0 unspecified atom stereocenters. The minimum atomic E-state index is -1.77. The van der Waals surface area contributed by atoms with Gasteiger partial charge in [-0.3, -0.25) is 0 Å². The van der Waals surface area contributed by atoms with Crippen LogP contribution in [0.4, 0.5) is 0 Å². The topological polar surface area (TPSA) is 9.23 Å². The predicted molar refractivity (Wildman–Crippen MR) is 90.3 cm³/mol. The van der Waals surface area contributed by atoms with Gasteiger partial charge in [0.1, 0.15) is 0 Å². The van der Waals surface area contributed by atoms with Crippen LogP contribution < -0.4 is 16.1 Å². The first-order valence-electron chi connectivity index (χ1n) is 7.25. The highest BCUT2D eigenvalue weighted by Crippen LogP contribution is 2.16. The third-order valence-corrected chi connectivity index (χ3v) is 6.88. The van der Waals surface area contributed by atoms with Gasteiger partial charge in [-0.25, -0.2) is 0 Å². The molecule has 1 aliphatic rings. The molecule has 0 atom stereocenters. The molecule has 0 N–H and O–H groups in total. The van der Waals surface area contributed by atoms with Gasteiger partial charge in [-0.15, -0.1) is 0 Å². The van der Waals surface area contributed by atoms with Crippen molar-refractivity contribution in [2.75, 3.05) is 0 Å². The van der Waals surface area contributed by atoms with Gasteiger partial charge in [0, 0.05) is 0 Å². The van der Waals surface area contributed by atoms with Gasteiger partial charge in [-0.2, -0.15) is 0 Å². The minimum Gasteiger partial charge on any atom is -0.466 e. The Morgan fingerprint density at radius 3 is 2.20 bits per heavy atom. The van der Waals surface area contributed by atoms with Crippen molar-refractivity contribution in [2.45, 2.75) is 33.9 Å². The lowest BCUT2D eigenvalue weighted by Crippen LogP contribution is -2.46. The van der Waals surface area contributed by atoms with Crippen LogP contribution in [0.2, 0.25) is 13.1 Å². The number of rotatable bonds is 1. The van der Waals surface area contributed by atoms with Crippen molar-refractivity contribution in [3.63, 3.8) is 0 Å². The van der Waals surface area contributed by atoms with Crippen molar-refractivity contribution in [1.82, 2.24) is 0 Å². The Balaban J connectivity index is 2.19. The van der Waals surface area contributed by atoms with E-state index in [1.807, 2.05) is 0 Å². The van der Waals surface area contributed by atoms with E-state index in [-0.39, 0.29) is 6.92 Å². The SMILES string of the molecule is Cc1cc(C)c(B2O[Si](C)(C)c3ccccc32)c(C)c1. The van der Waals surface area contributed by atoms with E-state index in [0.29, 0.717) is 0 Å². The van der Waals surface area contributed by atoms with Crippen molar-refractivity contribution in [2.24, 2.45) is 0 Å². The maximum Gasteiger partial charge on any atom is 0.351 e. The molecule has 0 saturated heterocycles. The second-order valence-electron chi connectivity index (χ2n) is 6.41. The molecule has 0 spiro atoms. The third kappa shape index (κ3) is 2.05. The van der Waals surface area contributed by atoms with Gasteiger partial charge in [0.2, 0.25) is 8.32 Å². The summed E-state index contributed by atoms with van der Waals surface area (Å²) in [5.74, 6) is 0. The summed E-state index contributed by atoms with van der Waals surface area (Å²) in [6.07, 6.45) is 0. The maximum absolute atomic E-state index is 6.55. The fourth-order valence-corrected chi connectivity index (χ4v) is 5.88. The molecular formula is C17H21BOSi. The fraction of sp³-hybridized carbons (Fsp3) is 0.294. The molecule has 0 aromatic heterocycles. The zero-order valence-corrected chi connectivity index (χ0v) is 13.9. The highest BCUT2D eigenvalue weighted by atomic mass is 28.4. The molecule has 2 aromatic rings. The molecule has 0 aliphatic carbocycles. The van der Waals surface area contributed by atoms with Gasteiger partial charge in [-0.1, -0.05) is 53.1 Å². The van der Waals surface area contributed by atoms with Crippen molar-refractivity contribution in [3.8, 4) is 0 Å². The molecule has 102 valence electrons. The van der Waals surface area contributed by atoms with Crippen LogP contribution in [0.3, 0.4) is 0 Å². The molecule has 3 rings (SSSR count). The molecule has 0 amide bonds. The smallest absolute Gasteiger partial charge is 0.351 e. The standard InChI is InChI=1S/C17H21BOSi/c1-12-10-13(2)17(14(3)11-12)18-15-8-6-7-9-16(15)20(4,5)19-18/h6-11H,1-5H3. The summed E-state index contributed by atoms with van der Waals surface area (Å²) < 4.78 is 6.55. The summed E-state index contributed by atoms with van der Waals surface area (Å²) in [4.78, 5) is 0. The summed E-state index contributed by atoms with van der Waals surface area (Å²) in [6, 6.07) is 13.3. The summed E-state index contributed by atoms with van der Waals surface area (Å²) in [5.41, 5.74) is 6.75. The van der Waals surface area contributed by atoms with Crippen LogP contribution in [0.15, 0.2) is 36.4 Å². The van der Waals surface area contributed by atoms with E-state index in [1.54, 1.807) is 0 Å². The van der Waals surface area contributed by atoms with Crippen molar-refractivity contribution in [3.05, 3.63) is 53.1 Å². The van der Waals surface area contributed by atoms with E-state index in [2.05, 4.69) is 70.3 Å². The van der Waals surface area contributed by atoms with Crippen LogP contribution in [-0.2, 0) is 4.34 Å². The van der Waals surface area contributed by atoms with Gasteiger partial charge in [0.25, 0.3) is 0 Å². The van der Waals surface area contributed by atoms with Gasteiger partial charge in [0.05, 0.1) is 0 Å². The average molecular weight is 280 g/mol. The quantitative estimate of drug-likeness (QED) is 0.727. The highest BCUT2D eigenvalue weighted by Gasteiger charge is 2.43. The van der Waals surface area contributed by atoms with Gasteiger partial charge in [-0.05, 0) is 50.0 Å². The van der Waals surface area contributed by atoms with Crippen LogP contribution >= 0.6 is 0 Å². The lowest BCUT2D eigenvalue weighted by Gasteiger charge is -2.20. The normalized spacial score (nSPS) is 16.4. The van der Waals surface area contributed by atoms with Gasteiger partial charge < -0.3 is 4.34 Å². The maximum atomic E-state index is 6.55. The molecule has 3 heteroatoms. The first kappa shape index (κ1) is 13.7. The fourth-order valence-electron chi connectivity index (χ4n) is 3.51. The van der Waals surface area contributed by atoms with Crippen LogP contribution in [0.25, 0.3) is 0 Å². The van der Waals surface area contributed by atoms with Crippen LogP contribution in [-0.4, -0.2) is 15.2 Å². The monoisotopic (exact) mass is 280 g/mol. The molecule has 1 nitrogen and oxygen atoms in total. The average Bonchev–Trinajstić information content (AvgIpc) is 2.61. The summed E-state index contributed by atoms with van der Waals surface area (Å²) in [7, 11) is -1.77. The van der Waals surface area contributed by atoms with Crippen LogP contribution in [0, 0.1) is 20.8 Å². The Bertz CT molecular complexity index is 655. The number of aryl methyl sites for hydroxylation is 3. The molecule has 0 saturated carbocycles. The Hall–Kier alpha value is -1.32. The minimum absolute atomic E-state index is 0.119. The zero-order valence-electron chi connectivity index (χ0n) is 12.9. The number of fused-ring (bicyclic) bond motifs is 1. The van der Waals surface area contributed by atoms with Crippen molar-refractivity contribution >= 4 is 31.3 Å². The lowest BCUT2D eigenvalue weighted by atomic mass is 9.53. The molecule has 20 heavy (non-hydrogen) atoms. The van der Waals surface area contributed by atoms with Gasteiger partial charge >= 0.3 is 6.92 Å². The van der Waals surface area contributed by atoms with E-state index in [0.717, 1.165) is 0 Å². The van der Waals surface area contributed by atoms with Crippen molar-refractivity contribution in [1.29, 1.82) is 0 Å². The molecule has 1 heterocycles. The lowest BCUT2D eigenvalue weighted by molar-refractivity contribution is 0.611. The number of benzene rings is 2. The summed E-state index contributed by atoms with van der Waals surface area (Å²) in [5, 5.41) is 1.45. The Labute approximate surface area is 123 Å². The van der Waals surface area contributed by atoms with E-state index < -0.39 is 8.32 Å². The Morgan fingerprint density at radius 2 is 1.55 bits per heavy atom. The van der Waals surface area contributed by atoms with E-state index >= 15 is 0 Å².